The Bertz CT molecular complexity index is 689. The zero-order chi connectivity index (χ0) is 15.6. The van der Waals surface area contributed by atoms with Gasteiger partial charge in [0.05, 0.1) is 10.6 Å². The summed E-state index contributed by atoms with van der Waals surface area (Å²) in [7, 11) is 0. The topological polar surface area (TPSA) is 83.8 Å². The van der Waals surface area contributed by atoms with E-state index in [1.165, 1.54) is 23.1 Å². The van der Waals surface area contributed by atoms with E-state index in [0.29, 0.717) is 11.3 Å². The van der Waals surface area contributed by atoms with E-state index in [2.05, 4.69) is 0 Å². The fraction of sp³-hybridized carbons (Fsp3) is 0.467. The van der Waals surface area contributed by atoms with Gasteiger partial charge in [-0.3, -0.25) is 14.9 Å². The Morgan fingerprint density at radius 2 is 2.05 bits per heavy atom. The Morgan fingerprint density at radius 3 is 2.68 bits per heavy atom. The van der Waals surface area contributed by atoms with Gasteiger partial charge in [-0.05, 0) is 43.7 Å². The molecule has 2 saturated heterocycles. The number of hydrogen-bond acceptors (Lipinski definition) is 4. The molecular weight excluding hydrogens is 286 g/mol. The van der Waals surface area contributed by atoms with E-state index in [-0.39, 0.29) is 35.6 Å². The van der Waals surface area contributed by atoms with Crippen LogP contribution < -0.4 is 4.90 Å². The number of carbonyl (C=O) groups excluding carboxylic acids is 2. The number of nitro benzene ring substituents is 1. The first-order chi connectivity index (χ1) is 10.5. The first-order valence-corrected chi connectivity index (χ1v) is 7.40. The predicted octanol–water partition coefficient (Wildman–Crippen LogP) is 2.22. The lowest BCUT2D eigenvalue weighted by atomic mass is 9.99. The van der Waals surface area contributed by atoms with Crippen molar-refractivity contribution in [2.24, 2.45) is 5.92 Å². The van der Waals surface area contributed by atoms with Crippen molar-refractivity contribution in [3.63, 3.8) is 0 Å². The number of rotatable bonds is 2. The number of anilines is 1. The minimum absolute atomic E-state index is 0.0408. The molecule has 2 aliphatic heterocycles. The van der Waals surface area contributed by atoms with Gasteiger partial charge in [-0.15, -0.1) is 0 Å². The number of nitro groups is 1. The minimum atomic E-state index is -0.483. The number of aryl methyl sites for hydroxylation is 1. The third kappa shape index (κ3) is 1.56. The molecule has 3 atom stereocenters. The number of amides is 3. The van der Waals surface area contributed by atoms with E-state index in [9.17, 15) is 19.7 Å². The van der Waals surface area contributed by atoms with Crippen LogP contribution >= 0.6 is 0 Å². The molecule has 0 N–H and O–H groups in total. The van der Waals surface area contributed by atoms with Crippen molar-refractivity contribution in [2.45, 2.75) is 38.3 Å². The molecular formula is C15H15N3O4. The number of nitrogens with zero attached hydrogens (tertiary/aromatic N) is 3. The number of benzene rings is 1. The van der Waals surface area contributed by atoms with Gasteiger partial charge in [0.2, 0.25) is 0 Å². The molecule has 2 heterocycles. The van der Waals surface area contributed by atoms with Crippen LogP contribution in [0.4, 0.5) is 16.2 Å². The molecule has 0 spiro atoms. The second-order valence-electron chi connectivity index (χ2n) is 6.26. The second-order valence-corrected chi connectivity index (χ2v) is 6.26. The molecule has 22 heavy (non-hydrogen) atoms. The molecule has 3 fully saturated rings. The SMILES string of the molecule is Cc1cc([N+](=O)[O-])ccc1N1C(=O)[C@H]2[C@@H]3CC[C@@H](C3)N2C1=O. The summed E-state index contributed by atoms with van der Waals surface area (Å²) < 4.78 is 0. The summed E-state index contributed by atoms with van der Waals surface area (Å²) >= 11 is 0. The van der Waals surface area contributed by atoms with Gasteiger partial charge in [-0.25, -0.2) is 9.69 Å². The van der Waals surface area contributed by atoms with E-state index in [4.69, 9.17) is 0 Å². The smallest absolute Gasteiger partial charge is 0.309 e. The number of carbonyl (C=O) groups is 2. The Morgan fingerprint density at radius 1 is 1.27 bits per heavy atom. The summed E-state index contributed by atoms with van der Waals surface area (Å²) in [5.74, 6) is 0.0824. The highest BCUT2D eigenvalue weighted by Gasteiger charge is 2.59. The van der Waals surface area contributed by atoms with Crippen LogP contribution in [-0.2, 0) is 4.79 Å². The maximum Gasteiger partial charge on any atom is 0.332 e. The van der Waals surface area contributed by atoms with Crippen LogP contribution in [0.1, 0.15) is 24.8 Å². The van der Waals surface area contributed by atoms with Gasteiger partial charge >= 0.3 is 6.03 Å². The van der Waals surface area contributed by atoms with E-state index in [1.807, 2.05) is 0 Å². The van der Waals surface area contributed by atoms with Crippen molar-refractivity contribution in [1.82, 2.24) is 4.90 Å². The first kappa shape index (κ1) is 13.2. The second kappa shape index (κ2) is 4.28. The van der Waals surface area contributed by atoms with E-state index >= 15 is 0 Å². The number of fused-ring (bicyclic) bond motifs is 5. The molecule has 3 aliphatic rings. The molecule has 0 unspecified atom stereocenters. The van der Waals surface area contributed by atoms with Gasteiger partial charge in [-0.2, -0.15) is 0 Å². The van der Waals surface area contributed by atoms with Crippen LogP contribution in [-0.4, -0.2) is 33.8 Å². The third-order valence-electron chi connectivity index (χ3n) is 5.10. The third-order valence-corrected chi connectivity index (χ3v) is 5.10. The molecule has 0 radical (unpaired) electrons. The molecule has 4 rings (SSSR count). The average Bonchev–Trinajstić information content (AvgIpc) is 3.14. The highest BCUT2D eigenvalue weighted by Crippen LogP contribution is 2.47. The summed E-state index contributed by atoms with van der Waals surface area (Å²) in [6, 6.07) is 3.79. The normalized spacial score (nSPS) is 29.4. The van der Waals surface area contributed by atoms with E-state index < -0.39 is 4.92 Å². The Kier molecular flexibility index (Phi) is 2.58. The summed E-state index contributed by atoms with van der Waals surface area (Å²) in [4.78, 5) is 38.6. The molecule has 1 aliphatic carbocycles. The van der Waals surface area contributed by atoms with Gasteiger partial charge in [-0.1, -0.05) is 0 Å². The monoisotopic (exact) mass is 301 g/mol. The average molecular weight is 301 g/mol. The standard InChI is InChI=1S/C15H15N3O4/c1-8-6-11(18(21)22)4-5-12(8)17-14(19)13-9-2-3-10(7-9)16(13)15(17)20/h4-6,9-10,13H,2-3,7H2,1H3/t9-,10+,13-/m1/s1. The number of hydrogen-bond donors (Lipinski definition) is 0. The van der Waals surface area contributed by atoms with Gasteiger partial charge in [0, 0.05) is 18.2 Å². The maximum atomic E-state index is 12.7. The summed E-state index contributed by atoms with van der Waals surface area (Å²) in [6.07, 6.45) is 2.89. The molecule has 2 bridgehead atoms. The lowest BCUT2D eigenvalue weighted by molar-refractivity contribution is -0.384. The van der Waals surface area contributed by atoms with E-state index in [1.54, 1.807) is 11.8 Å². The molecule has 114 valence electrons. The van der Waals surface area contributed by atoms with Crippen molar-refractivity contribution in [1.29, 1.82) is 0 Å². The van der Waals surface area contributed by atoms with Crippen LogP contribution in [0, 0.1) is 23.0 Å². The Balaban J connectivity index is 1.73. The first-order valence-electron chi connectivity index (χ1n) is 7.40. The number of urea groups is 1. The van der Waals surface area contributed by atoms with Gasteiger partial charge in [0.15, 0.2) is 0 Å². The largest absolute Gasteiger partial charge is 0.332 e. The molecule has 1 aromatic carbocycles. The number of non-ortho nitro benzene ring substituents is 1. The van der Waals surface area contributed by atoms with Crippen molar-refractivity contribution in [3.8, 4) is 0 Å². The van der Waals surface area contributed by atoms with Crippen LogP contribution in [0.25, 0.3) is 0 Å². The van der Waals surface area contributed by atoms with Crippen LogP contribution in [0.5, 0.6) is 0 Å². The van der Waals surface area contributed by atoms with Crippen molar-refractivity contribution < 1.29 is 14.5 Å². The number of piperidine rings is 1. The Hall–Kier alpha value is -2.44. The predicted molar refractivity (Wildman–Crippen MR) is 77.5 cm³/mol. The highest BCUT2D eigenvalue weighted by atomic mass is 16.6. The summed E-state index contributed by atoms with van der Waals surface area (Å²) in [5, 5.41) is 10.8. The molecule has 7 nitrogen and oxygen atoms in total. The number of imide groups is 1. The molecule has 0 aromatic heterocycles. The van der Waals surface area contributed by atoms with Crippen LogP contribution in [0.2, 0.25) is 0 Å². The fourth-order valence-corrected chi connectivity index (χ4v) is 4.15. The fourth-order valence-electron chi connectivity index (χ4n) is 4.15. The van der Waals surface area contributed by atoms with Gasteiger partial charge in [0.25, 0.3) is 11.6 Å². The van der Waals surface area contributed by atoms with Gasteiger partial charge < -0.3 is 4.90 Å². The lowest BCUT2D eigenvalue weighted by Crippen LogP contribution is -2.40. The quantitative estimate of drug-likeness (QED) is 0.476. The van der Waals surface area contributed by atoms with Crippen molar-refractivity contribution >= 4 is 23.3 Å². The molecule has 1 saturated carbocycles. The van der Waals surface area contributed by atoms with Crippen LogP contribution in [0.15, 0.2) is 18.2 Å². The van der Waals surface area contributed by atoms with E-state index in [0.717, 1.165) is 19.3 Å². The Labute approximate surface area is 126 Å². The zero-order valence-electron chi connectivity index (χ0n) is 12.1. The summed E-state index contributed by atoms with van der Waals surface area (Å²) in [6.45, 7) is 1.68. The maximum absolute atomic E-state index is 12.7. The van der Waals surface area contributed by atoms with Crippen molar-refractivity contribution in [2.75, 3.05) is 4.90 Å². The molecule has 1 aromatic rings. The zero-order valence-corrected chi connectivity index (χ0v) is 12.1. The van der Waals surface area contributed by atoms with Crippen molar-refractivity contribution in [3.05, 3.63) is 33.9 Å². The molecule has 7 heteroatoms. The minimum Gasteiger partial charge on any atom is -0.309 e. The van der Waals surface area contributed by atoms with Crippen LogP contribution in [0.3, 0.4) is 0 Å². The molecule has 3 amide bonds. The lowest BCUT2D eigenvalue weighted by Gasteiger charge is -2.25. The highest BCUT2D eigenvalue weighted by molar-refractivity contribution is 6.22. The summed E-state index contributed by atoms with van der Waals surface area (Å²) in [5.41, 5.74) is 0.972. The van der Waals surface area contributed by atoms with Gasteiger partial charge in [0.1, 0.15) is 6.04 Å².